The van der Waals surface area contributed by atoms with Gasteiger partial charge in [0.15, 0.2) is 0 Å². The van der Waals surface area contributed by atoms with Crippen molar-refractivity contribution in [2.24, 2.45) is 0 Å². The van der Waals surface area contributed by atoms with Crippen LogP contribution in [0.1, 0.15) is 34.5 Å². The van der Waals surface area contributed by atoms with Crippen molar-refractivity contribution in [2.75, 3.05) is 0 Å². The summed E-state index contributed by atoms with van der Waals surface area (Å²) in [5.41, 5.74) is 3.24. The second kappa shape index (κ2) is 5.24. The summed E-state index contributed by atoms with van der Waals surface area (Å²) < 4.78 is 0. The monoisotopic (exact) mass is 256 g/mol. The Bertz CT molecular complexity index is 601. The van der Waals surface area contributed by atoms with Crippen molar-refractivity contribution >= 4 is 5.97 Å². The molecule has 0 aromatic heterocycles. The molecule has 0 radical (unpaired) electrons. The maximum absolute atomic E-state index is 11.3. The fourth-order valence-electron chi connectivity index (χ4n) is 2.19. The van der Waals surface area contributed by atoms with Gasteiger partial charge in [-0.05, 0) is 48.2 Å². The Morgan fingerprint density at radius 3 is 2.26 bits per heavy atom. The van der Waals surface area contributed by atoms with E-state index in [0.717, 1.165) is 11.1 Å². The molecule has 0 aliphatic rings. The van der Waals surface area contributed by atoms with Gasteiger partial charge in [-0.2, -0.15) is 0 Å². The minimum Gasteiger partial charge on any atom is -0.478 e. The summed E-state index contributed by atoms with van der Waals surface area (Å²) >= 11 is 0. The normalized spacial score (nSPS) is 12.2. The van der Waals surface area contributed by atoms with Gasteiger partial charge in [0.1, 0.15) is 0 Å². The van der Waals surface area contributed by atoms with Crippen LogP contribution in [0.2, 0.25) is 0 Å². The van der Waals surface area contributed by atoms with Crippen molar-refractivity contribution in [3.05, 3.63) is 59.2 Å². The minimum absolute atomic E-state index is 0.234. The van der Waals surface area contributed by atoms with Gasteiger partial charge in [0, 0.05) is 0 Å². The van der Waals surface area contributed by atoms with Gasteiger partial charge in [0.05, 0.1) is 11.7 Å². The number of aliphatic hydroxyl groups is 1. The SMILES string of the molecule is Cc1c(C(=O)O)cc(-c2ccccc2)cc1C(C)O. The van der Waals surface area contributed by atoms with Crippen molar-refractivity contribution in [3.63, 3.8) is 0 Å². The van der Waals surface area contributed by atoms with Crippen LogP contribution in [-0.4, -0.2) is 16.2 Å². The molecule has 0 fully saturated rings. The third-order valence-corrected chi connectivity index (χ3v) is 3.24. The molecular weight excluding hydrogens is 240 g/mol. The lowest BCUT2D eigenvalue weighted by molar-refractivity contribution is 0.0696. The van der Waals surface area contributed by atoms with E-state index in [-0.39, 0.29) is 5.56 Å². The summed E-state index contributed by atoms with van der Waals surface area (Å²) in [4.78, 5) is 11.3. The molecule has 2 N–H and O–H groups in total. The first-order valence-corrected chi connectivity index (χ1v) is 6.12. The predicted octanol–water partition coefficient (Wildman–Crippen LogP) is 3.41. The molecule has 19 heavy (non-hydrogen) atoms. The standard InChI is InChI=1S/C16H16O3/c1-10-14(11(2)17)8-13(9-15(10)16(18)19)12-6-4-3-5-7-12/h3-9,11,17H,1-2H3,(H,18,19). The summed E-state index contributed by atoms with van der Waals surface area (Å²) in [5, 5.41) is 19.1. The lowest BCUT2D eigenvalue weighted by Gasteiger charge is -2.14. The second-order valence-corrected chi connectivity index (χ2v) is 4.59. The number of carboxylic acid groups (broad SMARTS) is 1. The zero-order valence-electron chi connectivity index (χ0n) is 10.9. The number of carboxylic acids is 1. The van der Waals surface area contributed by atoms with Crippen LogP contribution in [-0.2, 0) is 0 Å². The molecule has 2 aromatic rings. The van der Waals surface area contributed by atoms with Crippen LogP contribution >= 0.6 is 0 Å². The number of carbonyl (C=O) groups is 1. The molecule has 0 saturated heterocycles. The van der Waals surface area contributed by atoms with Crippen molar-refractivity contribution in [3.8, 4) is 11.1 Å². The molecule has 0 bridgehead atoms. The molecule has 1 unspecified atom stereocenters. The van der Waals surface area contributed by atoms with E-state index in [4.69, 9.17) is 0 Å². The molecule has 3 nitrogen and oxygen atoms in total. The van der Waals surface area contributed by atoms with E-state index in [2.05, 4.69) is 0 Å². The molecule has 0 amide bonds. The highest BCUT2D eigenvalue weighted by molar-refractivity contribution is 5.91. The summed E-state index contributed by atoms with van der Waals surface area (Å²) in [6.45, 7) is 3.36. The van der Waals surface area contributed by atoms with E-state index < -0.39 is 12.1 Å². The molecule has 2 rings (SSSR count). The van der Waals surface area contributed by atoms with Gasteiger partial charge in [-0.25, -0.2) is 4.79 Å². The number of hydrogen-bond acceptors (Lipinski definition) is 2. The quantitative estimate of drug-likeness (QED) is 0.884. The van der Waals surface area contributed by atoms with Crippen LogP contribution < -0.4 is 0 Å². The highest BCUT2D eigenvalue weighted by Crippen LogP contribution is 2.28. The number of benzene rings is 2. The maximum atomic E-state index is 11.3. The van der Waals surface area contributed by atoms with E-state index in [1.54, 1.807) is 19.9 Å². The number of rotatable bonds is 3. The van der Waals surface area contributed by atoms with Crippen molar-refractivity contribution in [2.45, 2.75) is 20.0 Å². The average Bonchev–Trinajstić information content (AvgIpc) is 2.39. The molecule has 0 saturated carbocycles. The van der Waals surface area contributed by atoms with E-state index in [0.29, 0.717) is 11.1 Å². The Labute approximate surface area is 112 Å². The number of aromatic carboxylic acids is 1. The Morgan fingerprint density at radius 1 is 1.11 bits per heavy atom. The van der Waals surface area contributed by atoms with Crippen molar-refractivity contribution < 1.29 is 15.0 Å². The zero-order chi connectivity index (χ0) is 14.0. The summed E-state index contributed by atoms with van der Waals surface area (Å²) in [6.07, 6.45) is -0.693. The predicted molar refractivity (Wildman–Crippen MR) is 74.2 cm³/mol. The molecule has 0 heterocycles. The molecule has 0 aliphatic carbocycles. The Morgan fingerprint density at radius 2 is 1.74 bits per heavy atom. The minimum atomic E-state index is -0.975. The Hall–Kier alpha value is -2.13. The summed E-state index contributed by atoms with van der Waals surface area (Å²) in [6, 6.07) is 13.0. The van der Waals surface area contributed by atoms with Crippen LogP contribution in [0.5, 0.6) is 0 Å². The molecular formula is C16H16O3. The molecule has 0 aliphatic heterocycles. The number of aliphatic hydroxyl groups excluding tert-OH is 1. The maximum Gasteiger partial charge on any atom is 0.335 e. The Kier molecular flexibility index (Phi) is 3.67. The fraction of sp³-hybridized carbons (Fsp3) is 0.188. The molecule has 0 spiro atoms. The van der Waals surface area contributed by atoms with Crippen molar-refractivity contribution in [1.82, 2.24) is 0 Å². The number of hydrogen-bond donors (Lipinski definition) is 2. The van der Waals surface area contributed by atoms with Gasteiger partial charge in [-0.1, -0.05) is 30.3 Å². The highest BCUT2D eigenvalue weighted by Gasteiger charge is 2.16. The Balaban J connectivity index is 2.67. The third-order valence-electron chi connectivity index (χ3n) is 3.24. The molecule has 3 heteroatoms. The average molecular weight is 256 g/mol. The fourth-order valence-corrected chi connectivity index (χ4v) is 2.19. The van der Waals surface area contributed by atoms with Gasteiger partial charge in [0.25, 0.3) is 0 Å². The van der Waals surface area contributed by atoms with E-state index in [1.165, 1.54) is 0 Å². The van der Waals surface area contributed by atoms with Crippen LogP contribution in [0.4, 0.5) is 0 Å². The van der Waals surface area contributed by atoms with Crippen LogP contribution in [0.3, 0.4) is 0 Å². The smallest absolute Gasteiger partial charge is 0.335 e. The largest absolute Gasteiger partial charge is 0.478 e. The van der Waals surface area contributed by atoms with Gasteiger partial charge in [-0.3, -0.25) is 0 Å². The van der Waals surface area contributed by atoms with E-state index >= 15 is 0 Å². The highest BCUT2D eigenvalue weighted by atomic mass is 16.4. The van der Waals surface area contributed by atoms with Gasteiger partial charge in [-0.15, -0.1) is 0 Å². The third kappa shape index (κ3) is 2.66. The summed E-state index contributed by atoms with van der Waals surface area (Å²) in [5.74, 6) is -0.975. The zero-order valence-corrected chi connectivity index (χ0v) is 10.9. The van der Waals surface area contributed by atoms with E-state index in [1.807, 2.05) is 36.4 Å². The van der Waals surface area contributed by atoms with Crippen LogP contribution in [0, 0.1) is 6.92 Å². The van der Waals surface area contributed by atoms with Gasteiger partial charge < -0.3 is 10.2 Å². The molecule has 2 aromatic carbocycles. The lowest BCUT2D eigenvalue weighted by Crippen LogP contribution is -2.05. The summed E-state index contributed by atoms with van der Waals surface area (Å²) in [7, 11) is 0. The van der Waals surface area contributed by atoms with E-state index in [9.17, 15) is 15.0 Å². The lowest BCUT2D eigenvalue weighted by atomic mass is 9.93. The van der Waals surface area contributed by atoms with Crippen LogP contribution in [0.25, 0.3) is 11.1 Å². The topological polar surface area (TPSA) is 57.5 Å². The van der Waals surface area contributed by atoms with Crippen LogP contribution in [0.15, 0.2) is 42.5 Å². The molecule has 98 valence electrons. The van der Waals surface area contributed by atoms with Gasteiger partial charge in [0.2, 0.25) is 0 Å². The first-order valence-electron chi connectivity index (χ1n) is 6.12. The second-order valence-electron chi connectivity index (χ2n) is 4.59. The first-order chi connectivity index (χ1) is 9.00. The molecule has 1 atom stereocenters. The first kappa shape index (κ1) is 13.3. The van der Waals surface area contributed by atoms with Gasteiger partial charge >= 0.3 is 5.97 Å². The van der Waals surface area contributed by atoms with Crippen molar-refractivity contribution in [1.29, 1.82) is 0 Å².